The summed E-state index contributed by atoms with van der Waals surface area (Å²) < 4.78 is 0. The first-order chi connectivity index (χ1) is 8.79. The predicted molar refractivity (Wildman–Crippen MR) is 70.9 cm³/mol. The Morgan fingerprint density at radius 3 is 3.17 bits per heavy atom. The monoisotopic (exact) mass is 248 g/mol. The van der Waals surface area contributed by atoms with Gasteiger partial charge in [-0.05, 0) is 32.4 Å². The number of rotatable bonds is 2. The number of nitrogens with one attached hydrogen (secondary N) is 2. The number of nitrogens with zero attached hydrogens (tertiary/aromatic N) is 2. The van der Waals surface area contributed by atoms with Crippen molar-refractivity contribution in [3.8, 4) is 0 Å². The van der Waals surface area contributed by atoms with Gasteiger partial charge in [-0.15, -0.1) is 0 Å². The molecule has 5 nitrogen and oxygen atoms in total. The molecule has 0 spiro atoms. The normalized spacial score (nSPS) is 23.7. The number of aromatic nitrogens is 2. The lowest BCUT2D eigenvalue weighted by molar-refractivity contribution is 0.153. The van der Waals surface area contributed by atoms with Crippen molar-refractivity contribution in [2.24, 2.45) is 0 Å². The van der Waals surface area contributed by atoms with Crippen LogP contribution >= 0.6 is 0 Å². The van der Waals surface area contributed by atoms with Gasteiger partial charge in [0.15, 0.2) is 0 Å². The van der Waals surface area contributed by atoms with Gasteiger partial charge in [0.25, 0.3) is 0 Å². The van der Waals surface area contributed by atoms with E-state index in [1.807, 2.05) is 0 Å². The van der Waals surface area contributed by atoms with E-state index in [0.717, 1.165) is 44.0 Å². The van der Waals surface area contributed by atoms with Crippen molar-refractivity contribution in [2.75, 3.05) is 25.0 Å². The van der Waals surface area contributed by atoms with Crippen LogP contribution < -0.4 is 11.0 Å². The molecule has 98 valence electrons. The van der Waals surface area contributed by atoms with Crippen LogP contribution in [0.2, 0.25) is 0 Å². The van der Waals surface area contributed by atoms with Gasteiger partial charge in [-0.1, -0.05) is 13.3 Å². The van der Waals surface area contributed by atoms with Crippen LogP contribution in [0.3, 0.4) is 0 Å². The molecule has 1 unspecified atom stereocenters. The first-order valence-corrected chi connectivity index (χ1v) is 6.90. The van der Waals surface area contributed by atoms with E-state index in [2.05, 4.69) is 27.1 Å². The van der Waals surface area contributed by atoms with Crippen molar-refractivity contribution < 1.29 is 0 Å². The van der Waals surface area contributed by atoms with E-state index in [0.29, 0.717) is 6.04 Å². The lowest BCUT2D eigenvalue weighted by Crippen LogP contribution is -2.35. The second kappa shape index (κ2) is 4.72. The summed E-state index contributed by atoms with van der Waals surface area (Å²) in [5.41, 5.74) is 2.11. The predicted octanol–water partition coefficient (Wildman–Crippen LogP) is 1.28. The van der Waals surface area contributed by atoms with Gasteiger partial charge in [0.1, 0.15) is 5.82 Å². The molecule has 0 aromatic carbocycles. The van der Waals surface area contributed by atoms with Crippen LogP contribution in [0, 0.1) is 0 Å². The number of piperidine rings is 1. The molecule has 0 radical (unpaired) electrons. The summed E-state index contributed by atoms with van der Waals surface area (Å²) in [7, 11) is 0. The molecule has 18 heavy (non-hydrogen) atoms. The Balaban J connectivity index is 2.02. The average molecular weight is 248 g/mol. The topological polar surface area (TPSA) is 61.0 Å². The third-order valence-corrected chi connectivity index (χ3v) is 4.09. The number of likely N-dealkylation sites (tertiary alicyclic amines) is 1. The SMILES string of the molecule is CCN1CCCCC1c1[nH]c(=O)nc2c1CCN2. The van der Waals surface area contributed by atoms with Gasteiger partial charge in [0.05, 0.1) is 6.04 Å². The van der Waals surface area contributed by atoms with Crippen LogP contribution in [0.4, 0.5) is 5.82 Å². The maximum Gasteiger partial charge on any atom is 0.347 e. The summed E-state index contributed by atoms with van der Waals surface area (Å²) in [4.78, 5) is 21.1. The van der Waals surface area contributed by atoms with Crippen molar-refractivity contribution in [1.29, 1.82) is 0 Å². The summed E-state index contributed by atoms with van der Waals surface area (Å²) in [5, 5.41) is 3.20. The average Bonchev–Trinajstić information content (AvgIpc) is 2.85. The van der Waals surface area contributed by atoms with Crippen LogP contribution in [0.25, 0.3) is 0 Å². The molecule has 2 aliphatic rings. The molecule has 1 fully saturated rings. The first kappa shape index (κ1) is 11.7. The molecule has 0 saturated carbocycles. The largest absolute Gasteiger partial charge is 0.369 e. The highest BCUT2D eigenvalue weighted by Gasteiger charge is 2.28. The lowest BCUT2D eigenvalue weighted by atomic mass is 9.96. The van der Waals surface area contributed by atoms with Crippen LogP contribution in [-0.4, -0.2) is 34.5 Å². The zero-order valence-electron chi connectivity index (χ0n) is 10.8. The maximum absolute atomic E-state index is 11.7. The van der Waals surface area contributed by atoms with E-state index in [1.54, 1.807) is 0 Å². The molecule has 3 heterocycles. The molecule has 0 bridgehead atoms. The molecule has 1 atom stereocenters. The van der Waals surface area contributed by atoms with Crippen LogP contribution in [-0.2, 0) is 6.42 Å². The molecule has 1 saturated heterocycles. The zero-order chi connectivity index (χ0) is 12.5. The number of fused-ring (bicyclic) bond motifs is 1. The van der Waals surface area contributed by atoms with Gasteiger partial charge in [0.2, 0.25) is 0 Å². The lowest BCUT2D eigenvalue weighted by Gasteiger charge is -2.35. The standard InChI is InChI=1S/C13H20N4O/c1-2-17-8-4-3-5-10(17)11-9-6-7-14-12(9)16-13(18)15-11/h10H,2-8H2,1H3,(H2,14,15,16,18). The fourth-order valence-corrected chi connectivity index (χ4v) is 3.20. The molecule has 1 aromatic rings. The van der Waals surface area contributed by atoms with E-state index in [-0.39, 0.29) is 5.69 Å². The minimum Gasteiger partial charge on any atom is -0.369 e. The Morgan fingerprint density at radius 2 is 2.33 bits per heavy atom. The van der Waals surface area contributed by atoms with Gasteiger partial charge in [-0.2, -0.15) is 4.98 Å². The minimum atomic E-state index is -0.222. The number of aromatic amines is 1. The fourth-order valence-electron chi connectivity index (χ4n) is 3.20. The van der Waals surface area contributed by atoms with Crippen LogP contribution in [0.5, 0.6) is 0 Å². The van der Waals surface area contributed by atoms with Crippen molar-refractivity contribution in [3.63, 3.8) is 0 Å². The second-order valence-electron chi connectivity index (χ2n) is 5.10. The summed E-state index contributed by atoms with van der Waals surface area (Å²) in [5.74, 6) is 0.801. The van der Waals surface area contributed by atoms with Gasteiger partial charge < -0.3 is 10.3 Å². The molecule has 2 aliphatic heterocycles. The van der Waals surface area contributed by atoms with E-state index in [9.17, 15) is 4.79 Å². The molecule has 1 aromatic heterocycles. The smallest absolute Gasteiger partial charge is 0.347 e. The Morgan fingerprint density at radius 1 is 1.44 bits per heavy atom. The Hall–Kier alpha value is -1.36. The molecular weight excluding hydrogens is 228 g/mol. The van der Waals surface area contributed by atoms with E-state index < -0.39 is 0 Å². The molecule has 3 rings (SSSR count). The Labute approximate surface area is 107 Å². The number of anilines is 1. The highest BCUT2D eigenvalue weighted by molar-refractivity contribution is 5.51. The Bertz CT molecular complexity index is 496. The second-order valence-corrected chi connectivity index (χ2v) is 5.10. The molecule has 0 amide bonds. The summed E-state index contributed by atoms with van der Waals surface area (Å²) in [6, 6.07) is 0.369. The van der Waals surface area contributed by atoms with Crippen molar-refractivity contribution >= 4 is 5.82 Å². The summed E-state index contributed by atoms with van der Waals surface area (Å²) in [6.07, 6.45) is 4.62. The Kier molecular flexibility index (Phi) is 3.07. The number of hydrogen-bond acceptors (Lipinski definition) is 4. The zero-order valence-corrected chi connectivity index (χ0v) is 10.8. The van der Waals surface area contributed by atoms with Gasteiger partial charge >= 0.3 is 5.69 Å². The number of hydrogen-bond donors (Lipinski definition) is 2. The number of H-pyrrole nitrogens is 1. The molecule has 0 aliphatic carbocycles. The van der Waals surface area contributed by atoms with E-state index in [4.69, 9.17) is 0 Å². The van der Waals surface area contributed by atoms with E-state index >= 15 is 0 Å². The molecule has 2 N–H and O–H groups in total. The first-order valence-electron chi connectivity index (χ1n) is 6.90. The van der Waals surface area contributed by atoms with Gasteiger partial charge in [-0.25, -0.2) is 4.79 Å². The third-order valence-electron chi connectivity index (χ3n) is 4.09. The maximum atomic E-state index is 11.7. The van der Waals surface area contributed by atoms with E-state index in [1.165, 1.54) is 18.4 Å². The molecular formula is C13H20N4O. The van der Waals surface area contributed by atoms with Gasteiger partial charge in [0, 0.05) is 17.8 Å². The van der Waals surface area contributed by atoms with Crippen LogP contribution in [0.15, 0.2) is 4.79 Å². The van der Waals surface area contributed by atoms with Gasteiger partial charge in [-0.3, -0.25) is 4.90 Å². The fraction of sp³-hybridized carbons (Fsp3) is 0.692. The summed E-state index contributed by atoms with van der Waals surface area (Å²) in [6.45, 7) is 5.26. The third kappa shape index (κ3) is 1.92. The van der Waals surface area contributed by atoms with Crippen molar-refractivity contribution in [2.45, 2.75) is 38.6 Å². The summed E-state index contributed by atoms with van der Waals surface area (Å²) >= 11 is 0. The molecule has 5 heteroatoms. The van der Waals surface area contributed by atoms with Crippen LogP contribution in [0.1, 0.15) is 43.5 Å². The van der Waals surface area contributed by atoms with Crippen molar-refractivity contribution in [3.05, 3.63) is 21.7 Å². The quantitative estimate of drug-likeness (QED) is 0.828. The highest BCUT2D eigenvalue weighted by atomic mass is 16.1. The van der Waals surface area contributed by atoms with Crippen molar-refractivity contribution in [1.82, 2.24) is 14.9 Å². The highest BCUT2D eigenvalue weighted by Crippen LogP contribution is 2.34. The minimum absolute atomic E-state index is 0.222.